The molecule has 0 spiro atoms. The molecule has 6 nitrogen and oxygen atoms in total. The molecular formula is C15H22N2O4S. The van der Waals surface area contributed by atoms with Gasteiger partial charge in [-0.3, -0.25) is 4.79 Å². The third kappa shape index (κ3) is 3.78. The van der Waals surface area contributed by atoms with Crippen LogP contribution in [0.3, 0.4) is 0 Å². The van der Waals surface area contributed by atoms with Gasteiger partial charge in [0.25, 0.3) is 5.91 Å². The molecule has 1 aromatic rings. The Morgan fingerprint density at radius 3 is 2.55 bits per heavy atom. The Morgan fingerprint density at radius 1 is 1.36 bits per heavy atom. The highest BCUT2D eigenvalue weighted by molar-refractivity contribution is 7.89. The zero-order valence-electron chi connectivity index (χ0n) is 12.9. The lowest BCUT2D eigenvalue weighted by Gasteiger charge is -2.31. The number of carbonyl (C=O) groups excluding carboxylic acids is 1. The summed E-state index contributed by atoms with van der Waals surface area (Å²) in [7, 11) is -3.16. The second kappa shape index (κ2) is 6.66. The van der Waals surface area contributed by atoms with Crippen molar-refractivity contribution in [2.45, 2.75) is 32.7 Å². The number of hydrogen-bond acceptors (Lipinski definition) is 4. The van der Waals surface area contributed by atoms with E-state index < -0.39 is 10.0 Å². The standard InChI is InChI=1S/C15H22N2O4S/c1-3-22(20,21)17-8-6-12(7-9-17)16-15(19)13-5-4-11(2)10-14(13)18/h4-5,10,12,18H,3,6-9H2,1-2H3,(H,16,19). The molecule has 7 heteroatoms. The number of aromatic hydroxyl groups is 1. The van der Waals surface area contributed by atoms with Crippen molar-refractivity contribution in [1.82, 2.24) is 9.62 Å². The number of phenolic OH excluding ortho intramolecular Hbond substituents is 1. The summed E-state index contributed by atoms with van der Waals surface area (Å²) in [4.78, 5) is 12.2. The molecule has 2 N–H and O–H groups in total. The number of benzene rings is 1. The van der Waals surface area contributed by atoms with Gasteiger partial charge in [0, 0.05) is 19.1 Å². The number of phenols is 1. The van der Waals surface area contributed by atoms with E-state index in [0.717, 1.165) is 5.56 Å². The number of rotatable bonds is 4. The Hall–Kier alpha value is -1.60. The van der Waals surface area contributed by atoms with Gasteiger partial charge >= 0.3 is 0 Å². The first-order chi connectivity index (χ1) is 10.3. The van der Waals surface area contributed by atoms with E-state index in [1.807, 2.05) is 6.92 Å². The van der Waals surface area contributed by atoms with Crippen LogP contribution in [0.1, 0.15) is 35.7 Å². The molecule has 0 saturated carbocycles. The van der Waals surface area contributed by atoms with Crippen LogP contribution in [0, 0.1) is 6.92 Å². The lowest BCUT2D eigenvalue weighted by atomic mass is 10.1. The van der Waals surface area contributed by atoms with Gasteiger partial charge in [-0.25, -0.2) is 12.7 Å². The van der Waals surface area contributed by atoms with E-state index in [1.165, 1.54) is 4.31 Å². The summed E-state index contributed by atoms with van der Waals surface area (Å²) in [6.07, 6.45) is 1.16. The van der Waals surface area contributed by atoms with Gasteiger partial charge in [0.05, 0.1) is 11.3 Å². The van der Waals surface area contributed by atoms with E-state index in [-0.39, 0.29) is 29.0 Å². The first-order valence-electron chi connectivity index (χ1n) is 7.42. The molecular weight excluding hydrogens is 304 g/mol. The highest BCUT2D eigenvalue weighted by Gasteiger charge is 2.27. The van der Waals surface area contributed by atoms with Crippen LogP contribution in [0.5, 0.6) is 5.75 Å². The van der Waals surface area contributed by atoms with E-state index in [9.17, 15) is 18.3 Å². The molecule has 0 aromatic heterocycles. The highest BCUT2D eigenvalue weighted by Crippen LogP contribution is 2.20. The second-order valence-corrected chi connectivity index (χ2v) is 7.83. The van der Waals surface area contributed by atoms with E-state index >= 15 is 0 Å². The molecule has 1 aliphatic rings. The first kappa shape index (κ1) is 16.8. The summed E-state index contributed by atoms with van der Waals surface area (Å²) >= 11 is 0. The highest BCUT2D eigenvalue weighted by atomic mass is 32.2. The number of sulfonamides is 1. The Morgan fingerprint density at radius 2 is 2.00 bits per heavy atom. The van der Waals surface area contributed by atoms with Crippen LogP contribution in [0.2, 0.25) is 0 Å². The maximum atomic E-state index is 12.2. The van der Waals surface area contributed by atoms with Crippen molar-refractivity contribution < 1.29 is 18.3 Å². The molecule has 1 amide bonds. The number of piperidine rings is 1. The zero-order valence-corrected chi connectivity index (χ0v) is 13.7. The average Bonchev–Trinajstić information content (AvgIpc) is 2.47. The van der Waals surface area contributed by atoms with E-state index in [2.05, 4.69) is 5.32 Å². The molecule has 0 unspecified atom stereocenters. The Balaban J connectivity index is 1.95. The number of nitrogens with one attached hydrogen (secondary N) is 1. The molecule has 2 rings (SSSR count). The van der Waals surface area contributed by atoms with Gasteiger partial charge in [0.2, 0.25) is 10.0 Å². The predicted octanol–water partition coefficient (Wildman–Crippen LogP) is 1.24. The number of aryl methyl sites for hydroxylation is 1. The van der Waals surface area contributed by atoms with E-state index in [0.29, 0.717) is 25.9 Å². The van der Waals surface area contributed by atoms with Crippen LogP contribution in [0.4, 0.5) is 0 Å². The van der Waals surface area contributed by atoms with Crippen LogP contribution >= 0.6 is 0 Å². The molecule has 1 saturated heterocycles. The summed E-state index contributed by atoms with van der Waals surface area (Å²) in [5.41, 5.74) is 1.13. The molecule has 0 bridgehead atoms. The third-order valence-electron chi connectivity index (χ3n) is 3.95. The monoisotopic (exact) mass is 326 g/mol. The van der Waals surface area contributed by atoms with Crippen molar-refractivity contribution >= 4 is 15.9 Å². The summed E-state index contributed by atoms with van der Waals surface area (Å²) in [6, 6.07) is 4.84. The Bertz CT molecular complexity index is 650. The van der Waals surface area contributed by atoms with Gasteiger partial charge in [-0.05, 0) is 44.4 Å². The van der Waals surface area contributed by atoms with Crippen molar-refractivity contribution in [1.29, 1.82) is 0 Å². The van der Waals surface area contributed by atoms with Crippen LogP contribution in [-0.4, -0.2) is 48.6 Å². The van der Waals surface area contributed by atoms with Gasteiger partial charge in [0.1, 0.15) is 5.75 Å². The zero-order chi connectivity index (χ0) is 16.3. The van der Waals surface area contributed by atoms with Crippen LogP contribution in [0.15, 0.2) is 18.2 Å². The van der Waals surface area contributed by atoms with Crippen LogP contribution < -0.4 is 5.32 Å². The van der Waals surface area contributed by atoms with Crippen molar-refractivity contribution in [3.63, 3.8) is 0 Å². The van der Waals surface area contributed by atoms with Gasteiger partial charge in [-0.2, -0.15) is 0 Å². The van der Waals surface area contributed by atoms with E-state index in [1.54, 1.807) is 25.1 Å². The molecule has 0 radical (unpaired) electrons. The molecule has 22 heavy (non-hydrogen) atoms. The fourth-order valence-corrected chi connectivity index (χ4v) is 3.69. The summed E-state index contributed by atoms with van der Waals surface area (Å²) in [5, 5.41) is 12.7. The van der Waals surface area contributed by atoms with E-state index in [4.69, 9.17) is 0 Å². The van der Waals surface area contributed by atoms with Gasteiger partial charge in [-0.1, -0.05) is 6.07 Å². The topological polar surface area (TPSA) is 86.7 Å². The Kier molecular flexibility index (Phi) is 5.08. The quantitative estimate of drug-likeness (QED) is 0.872. The number of amides is 1. The minimum absolute atomic E-state index is 0.0384. The Labute approximate surface area is 131 Å². The largest absolute Gasteiger partial charge is 0.507 e. The second-order valence-electron chi connectivity index (χ2n) is 5.57. The van der Waals surface area contributed by atoms with Gasteiger partial charge in [0.15, 0.2) is 0 Å². The van der Waals surface area contributed by atoms with Crippen LogP contribution in [-0.2, 0) is 10.0 Å². The lowest BCUT2D eigenvalue weighted by Crippen LogP contribution is -2.46. The summed E-state index contributed by atoms with van der Waals surface area (Å²) < 4.78 is 25.0. The molecule has 1 aromatic carbocycles. The fraction of sp³-hybridized carbons (Fsp3) is 0.533. The average molecular weight is 326 g/mol. The third-order valence-corrected chi connectivity index (χ3v) is 5.83. The lowest BCUT2D eigenvalue weighted by molar-refractivity contribution is 0.0921. The van der Waals surface area contributed by atoms with Crippen molar-refractivity contribution in [2.24, 2.45) is 0 Å². The van der Waals surface area contributed by atoms with Crippen molar-refractivity contribution in [3.05, 3.63) is 29.3 Å². The maximum Gasteiger partial charge on any atom is 0.255 e. The summed E-state index contributed by atoms with van der Waals surface area (Å²) in [6.45, 7) is 4.30. The molecule has 0 aliphatic carbocycles. The number of carbonyl (C=O) groups is 1. The fourth-order valence-electron chi connectivity index (χ4n) is 2.56. The molecule has 1 heterocycles. The van der Waals surface area contributed by atoms with Crippen molar-refractivity contribution in [2.75, 3.05) is 18.8 Å². The summed E-state index contributed by atoms with van der Waals surface area (Å²) in [5.74, 6) is -0.265. The molecule has 1 aliphatic heterocycles. The maximum absolute atomic E-state index is 12.2. The first-order valence-corrected chi connectivity index (χ1v) is 9.02. The minimum atomic E-state index is -3.16. The predicted molar refractivity (Wildman–Crippen MR) is 84.4 cm³/mol. The SMILES string of the molecule is CCS(=O)(=O)N1CCC(NC(=O)c2ccc(C)cc2O)CC1. The normalized spacial score (nSPS) is 17.4. The van der Waals surface area contributed by atoms with Gasteiger partial charge in [-0.15, -0.1) is 0 Å². The minimum Gasteiger partial charge on any atom is -0.507 e. The molecule has 1 fully saturated rings. The molecule has 0 atom stereocenters. The molecule has 122 valence electrons. The van der Waals surface area contributed by atoms with Crippen LogP contribution in [0.25, 0.3) is 0 Å². The smallest absolute Gasteiger partial charge is 0.255 e. The van der Waals surface area contributed by atoms with Crippen molar-refractivity contribution in [3.8, 4) is 5.75 Å². The number of hydrogen-bond donors (Lipinski definition) is 2. The van der Waals surface area contributed by atoms with Gasteiger partial charge < -0.3 is 10.4 Å². The number of nitrogens with zero attached hydrogens (tertiary/aromatic N) is 1.